The van der Waals surface area contributed by atoms with Gasteiger partial charge in [-0.05, 0) is 47.7 Å². The molecule has 2 heterocycles. The van der Waals surface area contributed by atoms with Crippen molar-refractivity contribution in [3.63, 3.8) is 0 Å². The highest BCUT2D eigenvalue weighted by molar-refractivity contribution is 5.87. The third-order valence-electron chi connectivity index (χ3n) is 4.21. The molecule has 0 saturated carbocycles. The molecule has 8 nitrogen and oxygen atoms in total. The summed E-state index contributed by atoms with van der Waals surface area (Å²) < 4.78 is 6.91. The second-order valence-corrected chi connectivity index (χ2v) is 5.81. The molecule has 3 rings (SSSR count). The Morgan fingerprint density at radius 2 is 1.92 bits per heavy atom. The van der Waals surface area contributed by atoms with Crippen LogP contribution in [0.1, 0.15) is 12.7 Å². The molecule has 0 radical (unpaired) electrons. The summed E-state index contributed by atoms with van der Waals surface area (Å²) in [6.45, 7) is 5.54. The standard InChI is InChI=1S/C17H22N6O2/c1-3-4-17(24)22-11-9-21(10-12-22)13-16-18-19-20-23(16)14-5-7-15(25-2)8-6-14/h3-8H,9-13H2,1-2H3. The second-order valence-electron chi connectivity index (χ2n) is 5.81. The zero-order chi connectivity index (χ0) is 17.6. The molecule has 2 aromatic rings. The predicted molar refractivity (Wildman–Crippen MR) is 92.4 cm³/mol. The molecule has 0 unspecified atom stereocenters. The van der Waals surface area contributed by atoms with E-state index in [9.17, 15) is 4.79 Å². The highest BCUT2D eigenvalue weighted by Gasteiger charge is 2.21. The summed E-state index contributed by atoms with van der Waals surface area (Å²) in [4.78, 5) is 16.0. The molecule has 1 saturated heterocycles. The SMILES string of the molecule is CC=CC(=O)N1CCN(Cc2nnnn2-c2ccc(OC)cc2)CC1. The number of rotatable bonds is 5. The molecule has 0 aliphatic carbocycles. The van der Waals surface area contributed by atoms with Crippen LogP contribution in [0.15, 0.2) is 36.4 Å². The summed E-state index contributed by atoms with van der Waals surface area (Å²) in [6.07, 6.45) is 3.39. The first-order chi connectivity index (χ1) is 12.2. The molecule has 25 heavy (non-hydrogen) atoms. The number of amides is 1. The van der Waals surface area contributed by atoms with Gasteiger partial charge in [0.15, 0.2) is 5.82 Å². The Morgan fingerprint density at radius 1 is 1.20 bits per heavy atom. The highest BCUT2D eigenvalue weighted by Crippen LogP contribution is 2.16. The average Bonchev–Trinajstić information content (AvgIpc) is 3.10. The number of nitrogens with zero attached hydrogens (tertiary/aromatic N) is 6. The first-order valence-electron chi connectivity index (χ1n) is 8.27. The van der Waals surface area contributed by atoms with Crippen molar-refractivity contribution in [3.05, 3.63) is 42.2 Å². The van der Waals surface area contributed by atoms with Gasteiger partial charge >= 0.3 is 0 Å². The van der Waals surface area contributed by atoms with Crippen molar-refractivity contribution in [1.29, 1.82) is 0 Å². The third kappa shape index (κ3) is 4.03. The maximum atomic E-state index is 11.9. The van der Waals surface area contributed by atoms with E-state index in [0.29, 0.717) is 19.6 Å². The maximum Gasteiger partial charge on any atom is 0.246 e. The van der Waals surface area contributed by atoms with Crippen molar-refractivity contribution in [2.24, 2.45) is 0 Å². The summed E-state index contributed by atoms with van der Waals surface area (Å²) in [5.41, 5.74) is 0.891. The molecular formula is C17H22N6O2. The largest absolute Gasteiger partial charge is 0.497 e. The van der Waals surface area contributed by atoms with Gasteiger partial charge in [0.1, 0.15) is 5.75 Å². The summed E-state index contributed by atoms with van der Waals surface area (Å²) in [5, 5.41) is 12.0. The van der Waals surface area contributed by atoms with Gasteiger partial charge in [0.05, 0.1) is 19.3 Å². The van der Waals surface area contributed by atoms with Crippen molar-refractivity contribution in [2.75, 3.05) is 33.3 Å². The second kappa shape index (κ2) is 7.89. The van der Waals surface area contributed by atoms with Gasteiger partial charge in [0.25, 0.3) is 0 Å². The number of tetrazole rings is 1. The molecule has 1 aliphatic rings. The number of carbonyl (C=O) groups is 1. The zero-order valence-electron chi connectivity index (χ0n) is 14.5. The molecular weight excluding hydrogens is 320 g/mol. The Morgan fingerprint density at radius 3 is 2.56 bits per heavy atom. The van der Waals surface area contributed by atoms with Crippen LogP contribution in [0, 0.1) is 0 Å². The topological polar surface area (TPSA) is 76.4 Å². The van der Waals surface area contributed by atoms with E-state index in [1.165, 1.54) is 0 Å². The Bertz CT molecular complexity index is 732. The fourth-order valence-electron chi connectivity index (χ4n) is 2.80. The molecule has 0 bridgehead atoms. The van der Waals surface area contributed by atoms with E-state index in [4.69, 9.17) is 4.74 Å². The van der Waals surface area contributed by atoms with Gasteiger partial charge in [-0.3, -0.25) is 9.69 Å². The van der Waals surface area contributed by atoms with E-state index in [-0.39, 0.29) is 5.91 Å². The average molecular weight is 342 g/mol. The lowest BCUT2D eigenvalue weighted by Crippen LogP contribution is -2.48. The number of benzene rings is 1. The van der Waals surface area contributed by atoms with Crippen LogP contribution in [-0.2, 0) is 11.3 Å². The van der Waals surface area contributed by atoms with Crippen LogP contribution in [0.4, 0.5) is 0 Å². The summed E-state index contributed by atoms with van der Waals surface area (Å²) in [6, 6.07) is 7.61. The molecule has 0 N–H and O–H groups in total. The van der Waals surface area contributed by atoms with Gasteiger partial charge in [-0.2, -0.15) is 4.68 Å². The van der Waals surface area contributed by atoms with Crippen molar-refractivity contribution < 1.29 is 9.53 Å². The van der Waals surface area contributed by atoms with E-state index in [1.807, 2.05) is 36.1 Å². The van der Waals surface area contributed by atoms with Gasteiger partial charge < -0.3 is 9.64 Å². The zero-order valence-corrected chi connectivity index (χ0v) is 14.5. The van der Waals surface area contributed by atoms with Crippen LogP contribution in [0.25, 0.3) is 5.69 Å². The maximum absolute atomic E-state index is 11.9. The molecule has 1 aliphatic heterocycles. The lowest BCUT2D eigenvalue weighted by Gasteiger charge is -2.33. The number of carbonyl (C=O) groups excluding carboxylic acids is 1. The van der Waals surface area contributed by atoms with Crippen molar-refractivity contribution in [2.45, 2.75) is 13.5 Å². The fourth-order valence-corrected chi connectivity index (χ4v) is 2.80. The number of allylic oxidation sites excluding steroid dienone is 1. The lowest BCUT2D eigenvalue weighted by atomic mass is 10.3. The van der Waals surface area contributed by atoms with Crippen LogP contribution in [0.3, 0.4) is 0 Å². The van der Waals surface area contributed by atoms with E-state index >= 15 is 0 Å². The Hall–Kier alpha value is -2.74. The molecule has 1 aromatic carbocycles. The third-order valence-corrected chi connectivity index (χ3v) is 4.21. The van der Waals surface area contributed by atoms with Crippen LogP contribution >= 0.6 is 0 Å². The van der Waals surface area contributed by atoms with Crippen LogP contribution in [0.5, 0.6) is 5.75 Å². The first kappa shape index (κ1) is 17.1. The minimum absolute atomic E-state index is 0.0743. The lowest BCUT2D eigenvalue weighted by molar-refractivity contribution is -0.127. The van der Waals surface area contributed by atoms with E-state index in [1.54, 1.807) is 23.9 Å². The monoisotopic (exact) mass is 342 g/mol. The van der Waals surface area contributed by atoms with E-state index in [2.05, 4.69) is 20.4 Å². The van der Waals surface area contributed by atoms with E-state index in [0.717, 1.165) is 30.4 Å². The minimum atomic E-state index is 0.0743. The first-order valence-corrected chi connectivity index (χ1v) is 8.27. The van der Waals surface area contributed by atoms with Crippen molar-refractivity contribution in [1.82, 2.24) is 30.0 Å². The number of hydrogen-bond donors (Lipinski definition) is 0. The number of piperazine rings is 1. The number of hydrogen-bond acceptors (Lipinski definition) is 6. The summed E-state index contributed by atoms with van der Waals surface area (Å²) in [7, 11) is 1.64. The van der Waals surface area contributed by atoms with Gasteiger partial charge in [-0.1, -0.05) is 6.08 Å². The molecule has 1 amide bonds. The van der Waals surface area contributed by atoms with Gasteiger partial charge in [-0.15, -0.1) is 5.10 Å². The molecule has 0 atom stereocenters. The Labute approximate surface area is 146 Å². The molecule has 132 valence electrons. The molecule has 1 fully saturated rings. The summed E-state index contributed by atoms with van der Waals surface area (Å²) in [5.74, 6) is 1.64. The van der Waals surface area contributed by atoms with Gasteiger partial charge in [0.2, 0.25) is 5.91 Å². The molecule has 0 spiro atoms. The highest BCUT2D eigenvalue weighted by atomic mass is 16.5. The van der Waals surface area contributed by atoms with Gasteiger partial charge in [-0.25, -0.2) is 0 Å². The van der Waals surface area contributed by atoms with Crippen molar-refractivity contribution in [3.8, 4) is 11.4 Å². The normalized spacial score (nSPS) is 15.7. The number of methoxy groups -OCH3 is 1. The van der Waals surface area contributed by atoms with Crippen LogP contribution in [0.2, 0.25) is 0 Å². The molecule has 1 aromatic heterocycles. The van der Waals surface area contributed by atoms with Crippen LogP contribution in [-0.4, -0.2) is 69.2 Å². The number of ether oxygens (including phenoxy) is 1. The Balaban J connectivity index is 1.63. The predicted octanol–water partition coefficient (Wildman–Crippen LogP) is 0.891. The summed E-state index contributed by atoms with van der Waals surface area (Å²) >= 11 is 0. The van der Waals surface area contributed by atoms with Gasteiger partial charge in [0, 0.05) is 26.2 Å². The number of aromatic nitrogens is 4. The van der Waals surface area contributed by atoms with E-state index < -0.39 is 0 Å². The smallest absolute Gasteiger partial charge is 0.246 e. The molecule has 8 heteroatoms. The van der Waals surface area contributed by atoms with Crippen molar-refractivity contribution >= 4 is 5.91 Å². The minimum Gasteiger partial charge on any atom is -0.497 e. The Kier molecular flexibility index (Phi) is 5.39. The van der Waals surface area contributed by atoms with Crippen LogP contribution < -0.4 is 4.74 Å². The fraction of sp³-hybridized carbons (Fsp3) is 0.412. The quantitative estimate of drug-likeness (QED) is 0.751.